The first-order valence-electron chi connectivity index (χ1n) is 10.4. The number of nitrogens with two attached hydrogens (primary N) is 1. The maximum atomic E-state index is 12.9. The van der Waals surface area contributed by atoms with Gasteiger partial charge in [-0.1, -0.05) is 20.3 Å². The fraction of sp³-hybridized carbons (Fsp3) is 0.737. The lowest BCUT2D eigenvalue weighted by atomic mass is 9.97. The molecule has 5 atom stereocenters. The summed E-state index contributed by atoms with van der Waals surface area (Å²) >= 11 is 4.08. The van der Waals surface area contributed by atoms with Gasteiger partial charge in [-0.2, -0.15) is 12.6 Å². The van der Waals surface area contributed by atoms with Crippen molar-refractivity contribution in [1.29, 1.82) is 0 Å². The second-order valence-corrected chi connectivity index (χ2v) is 8.03. The fourth-order valence-electron chi connectivity index (χ4n) is 3.14. The van der Waals surface area contributed by atoms with Gasteiger partial charge in [-0.15, -0.1) is 0 Å². The molecule has 0 saturated carbocycles. The number of carbonyl (C=O) groups is 5. The molecule has 0 aliphatic carbocycles. The van der Waals surface area contributed by atoms with Crippen LogP contribution in [0.2, 0.25) is 0 Å². The van der Waals surface area contributed by atoms with E-state index in [1.54, 1.807) is 0 Å². The van der Waals surface area contributed by atoms with Crippen LogP contribution in [0.4, 0.5) is 0 Å². The van der Waals surface area contributed by atoms with Crippen LogP contribution in [-0.2, 0) is 24.0 Å². The number of nitrogens with one attached hydrogen (secondary N) is 4. The number of primary amides is 1. The molecule has 0 spiro atoms. The highest BCUT2D eigenvalue weighted by Crippen LogP contribution is 2.11. The number of hydrogen-bond acceptors (Lipinski definition) is 7. The normalized spacial score (nSPS) is 19.5. The standard InChI is InChI=1S/C19H33N5O6S/c1-3-10(2)15(24-16(26)11-5-4-8-21-11)18(28)23-13(9-31)17(27)22-12(19(29)30)6-7-14(20)25/h10-13,15,21,31H,3-9H2,1-2H3,(H2,20,25)(H,22,27)(H,23,28)(H,24,26)(H,29,30). The Morgan fingerprint density at radius 1 is 1.13 bits per heavy atom. The minimum absolute atomic E-state index is 0.0922. The SMILES string of the molecule is CCC(C)C(NC(=O)C1CCCN1)C(=O)NC(CS)C(=O)NC(CCC(N)=O)C(=O)O. The molecule has 1 heterocycles. The summed E-state index contributed by atoms with van der Waals surface area (Å²) < 4.78 is 0. The van der Waals surface area contributed by atoms with E-state index in [2.05, 4.69) is 33.9 Å². The van der Waals surface area contributed by atoms with Crippen molar-refractivity contribution in [1.82, 2.24) is 21.3 Å². The Morgan fingerprint density at radius 3 is 2.26 bits per heavy atom. The van der Waals surface area contributed by atoms with Crippen molar-refractivity contribution < 1.29 is 29.1 Å². The lowest BCUT2D eigenvalue weighted by molar-refractivity contribution is -0.142. The predicted molar refractivity (Wildman–Crippen MR) is 116 cm³/mol. The average molecular weight is 460 g/mol. The third-order valence-electron chi connectivity index (χ3n) is 5.28. The topological polar surface area (TPSA) is 180 Å². The van der Waals surface area contributed by atoms with Crippen molar-refractivity contribution in [2.45, 2.75) is 70.1 Å². The van der Waals surface area contributed by atoms with Crippen molar-refractivity contribution in [3.8, 4) is 0 Å². The van der Waals surface area contributed by atoms with Crippen LogP contribution in [0, 0.1) is 5.92 Å². The van der Waals surface area contributed by atoms with Gasteiger partial charge in [0.15, 0.2) is 0 Å². The molecule has 7 N–H and O–H groups in total. The molecule has 1 fully saturated rings. The van der Waals surface area contributed by atoms with Gasteiger partial charge in [0.2, 0.25) is 23.6 Å². The zero-order chi connectivity index (χ0) is 23.6. The molecule has 1 aliphatic rings. The summed E-state index contributed by atoms with van der Waals surface area (Å²) in [5, 5.41) is 19.9. The van der Waals surface area contributed by atoms with Crippen molar-refractivity contribution in [2.24, 2.45) is 11.7 Å². The van der Waals surface area contributed by atoms with Gasteiger partial charge in [0.25, 0.3) is 0 Å². The summed E-state index contributed by atoms with van der Waals surface area (Å²) in [6.07, 6.45) is 1.78. The van der Waals surface area contributed by atoms with Crippen LogP contribution in [0.25, 0.3) is 0 Å². The molecule has 1 aliphatic heterocycles. The molecular formula is C19H33N5O6S. The zero-order valence-electron chi connectivity index (χ0n) is 17.8. The maximum absolute atomic E-state index is 12.9. The highest BCUT2D eigenvalue weighted by molar-refractivity contribution is 7.80. The van der Waals surface area contributed by atoms with E-state index in [9.17, 15) is 29.1 Å². The number of thiol groups is 1. The summed E-state index contributed by atoms with van der Waals surface area (Å²) in [6, 6.07) is -3.68. The second-order valence-electron chi connectivity index (χ2n) is 7.67. The van der Waals surface area contributed by atoms with Crippen LogP contribution in [0.3, 0.4) is 0 Å². The molecule has 11 nitrogen and oxygen atoms in total. The van der Waals surface area contributed by atoms with E-state index in [-0.39, 0.29) is 36.5 Å². The minimum atomic E-state index is -1.34. The van der Waals surface area contributed by atoms with Crippen molar-refractivity contribution in [2.75, 3.05) is 12.3 Å². The fourth-order valence-corrected chi connectivity index (χ4v) is 3.39. The third kappa shape index (κ3) is 8.74. The molecule has 1 rings (SSSR count). The molecule has 31 heavy (non-hydrogen) atoms. The van der Waals surface area contributed by atoms with Crippen molar-refractivity contribution in [3.05, 3.63) is 0 Å². The van der Waals surface area contributed by atoms with E-state index >= 15 is 0 Å². The van der Waals surface area contributed by atoms with E-state index < -0.39 is 41.8 Å². The quantitative estimate of drug-likeness (QED) is 0.164. The number of amides is 4. The summed E-state index contributed by atoms with van der Waals surface area (Å²) in [5.41, 5.74) is 5.03. The van der Waals surface area contributed by atoms with Gasteiger partial charge in [-0.05, 0) is 31.7 Å². The van der Waals surface area contributed by atoms with E-state index in [0.717, 1.165) is 13.0 Å². The number of carbonyl (C=O) groups excluding carboxylic acids is 4. The van der Waals surface area contributed by atoms with E-state index in [1.165, 1.54) is 0 Å². The molecular weight excluding hydrogens is 426 g/mol. The van der Waals surface area contributed by atoms with E-state index in [1.807, 2.05) is 13.8 Å². The molecule has 5 unspecified atom stereocenters. The van der Waals surface area contributed by atoms with Crippen molar-refractivity contribution >= 4 is 42.2 Å². The monoisotopic (exact) mass is 459 g/mol. The molecule has 0 aromatic carbocycles. The first-order valence-corrected chi connectivity index (χ1v) is 11.0. The van der Waals surface area contributed by atoms with Gasteiger partial charge in [0, 0.05) is 12.2 Å². The van der Waals surface area contributed by atoms with Gasteiger partial charge < -0.3 is 32.1 Å². The van der Waals surface area contributed by atoms with E-state index in [4.69, 9.17) is 5.73 Å². The van der Waals surface area contributed by atoms with Gasteiger partial charge in [0.1, 0.15) is 18.1 Å². The summed E-state index contributed by atoms with van der Waals surface area (Å²) in [4.78, 5) is 60.1. The van der Waals surface area contributed by atoms with Gasteiger partial charge in [0.05, 0.1) is 6.04 Å². The first kappa shape index (κ1) is 26.7. The highest BCUT2D eigenvalue weighted by Gasteiger charge is 2.33. The Hall–Kier alpha value is -2.34. The van der Waals surface area contributed by atoms with Crippen LogP contribution in [0.5, 0.6) is 0 Å². The first-order chi connectivity index (χ1) is 14.6. The Morgan fingerprint density at radius 2 is 1.77 bits per heavy atom. The van der Waals surface area contributed by atoms with Crippen LogP contribution >= 0.6 is 12.6 Å². The summed E-state index contributed by atoms with van der Waals surface area (Å²) in [6.45, 7) is 4.43. The van der Waals surface area contributed by atoms with Crippen LogP contribution < -0.4 is 27.0 Å². The number of carboxylic acids is 1. The smallest absolute Gasteiger partial charge is 0.326 e. The number of hydrogen-bond donors (Lipinski definition) is 7. The number of carboxylic acid groups (broad SMARTS) is 1. The molecule has 12 heteroatoms. The van der Waals surface area contributed by atoms with Crippen LogP contribution in [0.15, 0.2) is 0 Å². The molecule has 176 valence electrons. The van der Waals surface area contributed by atoms with Crippen LogP contribution in [-0.4, -0.2) is 71.2 Å². The Labute approximate surface area is 187 Å². The molecule has 1 saturated heterocycles. The molecule has 4 amide bonds. The minimum Gasteiger partial charge on any atom is -0.480 e. The highest BCUT2D eigenvalue weighted by atomic mass is 32.1. The zero-order valence-corrected chi connectivity index (χ0v) is 18.7. The van der Waals surface area contributed by atoms with Crippen LogP contribution in [0.1, 0.15) is 46.0 Å². The lowest BCUT2D eigenvalue weighted by Crippen LogP contribution is -2.59. The third-order valence-corrected chi connectivity index (χ3v) is 5.64. The Bertz CT molecular complexity index is 670. The average Bonchev–Trinajstić information content (AvgIpc) is 3.26. The Kier molecular flexibility index (Phi) is 11.3. The van der Waals surface area contributed by atoms with Crippen molar-refractivity contribution in [3.63, 3.8) is 0 Å². The predicted octanol–water partition coefficient (Wildman–Crippen LogP) is -1.48. The van der Waals surface area contributed by atoms with Gasteiger partial charge >= 0.3 is 5.97 Å². The maximum Gasteiger partial charge on any atom is 0.326 e. The van der Waals surface area contributed by atoms with Gasteiger partial charge in [-0.3, -0.25) is 19.2 Å². The molecule has 0 bridgehead atoms. The number of aliphatic carboxylic acids is 1. The second kappa shape index (κ2) is 13.2. The molecule has 0 radical (unpaired) electrons. The number of rotatable bonds is 13. The summed E-state index contributed by atoms with van der Waals surface area (Å²) in [7, 11) is 0. The van der Waals surface area contributed by atoms with Gasteiger partial charge in [-0.25, -0.2) is 4.79 Å². The van der Waals surface area contributed by atoms with E-state index in [0.29, 0.717) is 12.8 Å². The largest absolute Gasteiger partial charge is 0.480 e. The lowest BCUT2D eigenvalue weighted by Gasteiger charge is -2.27. The Balaban J connectivity index is 2.80. The molecule has 0 aromatic rings. The molecule has 0 aromatic heterocycles. The summed E-state index contributed by atoms with van der Waals surface area (Å²) in [5.74, 6) is -3.90.